The van der Waals surface area contributed by atoms with E-state index in [2.05, 4.69) is 15.0 Å². The summed E-state index contributed by atoms with van der Waals surface area (Å²) in [5.41, 5.74) is 5.48. The van der Waals surface area contributed by atoms with E-state index in [4.69, 9.17) is 5.73 Å². The fraction of sp³-hybridized carbons (Fsp3) is 0.375. The highest BCUT2D eigenvalue weighted by atomic mass is 32.1. The number of amides is 1. The van der Waals surface area contributed by atoms with Gasteiger partial charge in [-0.2, -0.15) is 0 Å². The molecule has 0 saturated heterocycles. The fourth-order valence-corrected chi connectivity index (χ4v) is 1.66. The summed E-state index contributed by atoms with van der Waals surface area (Å²) in [5.74, 6) is -0.0544. The van der Waals surface area contributed by atoms with Gasteiger partial charge in [0.05, 0.1) is 6.61 Å². The molecule has 0 radical (unpaired) electrons. The van der Waals surface area contributed by atoms with Gasteiger partial charge in [-0.05, 0) is 6.92 Å². The van der Waals surface area contributed by atoms with Crippen LogP contribution in [0.15, 0.2) is 0 Å². The standard InChI is InChI=1S/C8H11N3O3S/c1-3-14-8(13)11-7-10-6(9)5(15-7)4(2)12/h3,9H2,1-2H3,(H,10,11,13). The number of anilines is 2. The van der Waals surface area contributed by atoms with Gasteiger partial charge in [-0.15, -0.1) is 0 Å². The van der Waals surface area contributed by atoms with E-state index in [-0.39, 0.29) is 23.3 Å². The number of hydrogen-bond acceptors (Lipinski definition) is 6. The average Bonchev–Trinajstić information content (AvgIpc) is 2.47. The van der Waals surface area contributed by atoms with Crippen molar-refractivity contribution in [2.24, 2.45) is 0 Å². The zero-order valence-corrected chi connectivity index (χ0v) is 9.18. The van der Waals surface area contributed by atoms with Gasteiger partial charge in [0, 0.05) is 6.92 Å². The highest BCUT2D eigenvalue weighted by Crippen LogP contribution is 2.25. The molecule has 15 heavy (non-hydrogen) atoms. The Morgan fingerprint density at radius 1 is 1.60 bits per heavy atom. The molecule has 0 unspecified atom stereocenters. The molecule has 1 heterocycles. The zero-order valence-electron chi connectivity index (χ0n) is 8.36. The zero-order chi connectivity index (χ0) is 11.4. The van der Waals surface area contributed by atoms with Crippen LogP contribution in [0.3, 0.4) is 0 Å². The van der Waals surface area contributed by atoms with Gasteiger partial charge >= 0.3 is 6.09 Å². The molecule has 1 amide bonds. The minimum absolute atomic E-state index is 0.124. The number of aromatic nitrogens is 1. The van der Waals surface area contributed by atoms with E-state index < -0.39 is 6.09 Å². The second kappa shape index (κ2) is 4.74. The first-order chi connectivity index (χ1) is 7.04. The Hall–Kier alpha value is -1.63. The summed E-state index contributed by atoms with van der Waals surface area (Å²) in [6.07, 6.45) is -0.610. The number of ketones is 1. The lowest BCUT2D eigenvalue weighted by Gasteiger charge is -1.99. The predicted molar refractivity (Wildman–Crippen MR) is 57.2 cm³/mol. The highest BCUT2D eigenvalue weighted by Gasteiger charge is 2.14. The van der Waals surface area contributed by atoms with Crippen molar-refractivity contribution in [3.63, 3.8) is 0 Å². The smallest absolute Gasteiger partial charge is 0.413 e. The van der Waals surface area contributed by atoms with Crippen molar-refractivity contribution >= 4 is 34.2 Å². The maximum absolute atomic E-state index is 11.0. The lowest BCUT2D eigenvalue weighted by atomic mass is 10.4. The Balaban J connectivity index is 2.75. The van der Waals surface area contributed by atoms with Crippen molar-refractivity contribution in [3.8, 4) is 0 Å². The van der Waals surface area contributed by atoms with Gasteiger partial charge in [-0.25, -0.2) is 9.78 Å². The summed E-state index contributed by atoms with van der Waals surface area (Å²) in [5, 5.41) is 2.63. The molecule has 0 aromatic carbocycles. The van der Waals surface area contributed by atoms with Crippen LogP contribution < -0.4 is 11.1 Å². The van der Waals surface area contributed by atoms with Crippen LogP contribution >= 0.6 is 11.3 Å². The molecule has 0 fully saturated rings. The predicted octanol–water partition coefficient (Wildman–Crippen LogP) is 1.50. The third kappa shape index (κ3) is 2.91. The van der Waals surface area contributed by atoms with Crippen molar-refractivity contribution in [3.05, 3.63) is 4.88 Å². The van der Waals surface area contributed by atoms with Crippen LogP contribution in [0.5, 0.6) is 0 Å². The number of carbonyl (C=O) groups is 2. The topological polar surface area (TPSA) is 94.3 Å². The Morgan fingerprint density at radius 3 is 2.73 bits per heavy atom. The molecular formula is C8H11N3O3S. The second-order valence-electron chi connectivity index (χ2n) is 2.64. The van der Waals surface area contributed by atoms with E-state index in [1.807, 2.05) is 0 Å². The summed E-state index contributed by atoms with van der Waals surface area (Å²) in [4.78, 5) is 26.2. The van der Waals surface area contributed by atoms with Gasteiger partial charge in [-0.3, -0.25) is 10.1 Å². The maximum atomic E-state index is 11.0. The molecule has 1 rings (SSSR count). The first-order valence-electron chi connectivity index (χ1n) is 4.25. The van der Waals surface area contributed by atoms with Crippen molar-refractivity contribution in [1.29, 1.82) is 0 Å². The largest absolute Gasteiger partial charge is 0.450 e. The molecule has 0 bridgehead atoms. The molecule has 0 spiro atoms. The van der Waals surface area contributed by atoms with E-state index in [1.165, 1.54) is 6.92 Å². The number of nitrogens with zero attached hydrogens (tertiary/aromatic N) is 1. The molecule has 0 aliphatic rings. The normalized spacial score (nSPS) is 9.73. The van der Waals surface area contributed by atoms with E-state index in [0.717, 1.165) is 11.3 Å². The van der Waals surface area contributed by atoms with Crippen molar-refractivity contribution in [2.75, 3.05) is 17.7 Å². The molecule has 0 aliphatic carbocycles. The lowest BCUT2D eigenvalue weighted by molar-refractivity contribution is 0.102. The number of carbonyl (C=O) groups excluding carboxylic acids is 2. The van der Waals surface area contributed by atoms with Crippen LogP contribution in [-0.2, 0) is 4.74 Å². The summed E-state index contributed by atoms with van der Waals surface area (Å²) >= 11 is 1.02. The number of ether oxygens (including phenoxy) is 1. The van der Waals surface area contributed by atoms with Crippen LogP contribution in [0, 0.1) is 0 Å². The van der Waals surface area contributed by atoms with Crippen LogP contribution in [0.4, 0.5) is 15.7 Å². The molecule has 1 aromatic heterocycles. The number of hydrogen-bond donors (Lipinski definition) is 2. The van der Waals surface area contributed by atoms with Crippen molar-refractivity contribution < 1.29 is 14.3 Å². The third-order valence-corrected chi connectivity index (χ3v) is 2.54. The molecular weight excluding hydrogens is 218 g/mol. The van der Waals surface area contributed by atoms with Crippen LogP contribution in [0.2, 0.25) is 0 Å². The van der Waals surface area contributed by atoms with Crippen molar-refractivity contribution in [2.45, 2.75) is 13.8 Å². The minimum Gasteiger partial charge on any atom is -0.450 e. The molecule has 1 aromatic rings. The molecule has 0 atom stereocenters. The molecule has 3 N–H and O–H groups in total. The Labute approximate surface area is 90.4 Å². The maximum Gasteiger partial charge on any atom is 0.413 e. The number of thiazole rings is 1. The van der Waals surface area contributed by atoms with E-state index in [1.54, 1.807) is 6.92 Å². The van der Waals surface area contributed by atoms with E-state index >= 15 is 0 Å². The fourth-order valence-electron chi connectivity index (χ4n) is 0.892. The lowest BCUT2D eigenvalue weighted by Crippen LogP contribution is -2.12. The second-order valence-corrected chi connectivity index (χ2v) is 3.63. The monoisotopic (exact) mass is 229 g/mol. The molecule has 6 nitrogen and oxygen atoms in total. The van der Waals surface area contributed by atoms with Gasteiger partial charge in [-0.1, -0.05) is 11.3 Å². The SMILES string of the molecule is CCOC(=O)Nc1nc(N)c(C(C)=O)s1. The van der Waals surface area contributed by atoms with E-state index in [9.17, 15) is 9.59 Å². The molecule has 0 aliphatic heterocycles. The number of nitrogens with two attached hydrogens (primary N) is 1. The van der Waals surface area contributed by atoms with Crippen LogP contribution in [0.25, 0.3) is 0 Å². The van der Waals surface area contributed by atoms with E-state index in [0.29, 0.717) is 4.88 Å². The summed E-state index contributed by atoms with van der Waals surface area (Å²) in [7, 11) is 0. The van der Waals surface area contributed by atoms with Gasteiger partial charge in [0.1, 0.15) is 10.7 Å². The van der Waals surface area contributed by atoms with Gasteiger partial charge in [0.2, 0.25) is 0 Å². The summed E-state index contributed by atoms with van der Waals surface area (Å²) in [6.45, 7) is 3.35. The molecule has 0 saturated carbocycles. The summed E-state index contributed by atoms with van der Waals surface area (Å²) in [6, 6.07) is 0. The van der Waals surface area contributed by atoms with Crippen molar-refractivity contribution in [1.82, 2.24) is 4.98 Å². The van der Waals surface area contributed by atoms with Crippen LogP contribution in [0.1, 0.15) is 23.5 Å². The molecule has 82 valence electrons. The Bertz CT molecular complexity index is 388. The minimum atomic E-state index is -0.610. The number of Topliss-reactive ketones (excluding diaryl/α,β-unsaturated/α-hetero) is 1. The highest BCUT2D eigenvalue weighted by molar-refractivity contribution is 7.18. The average molecular weight is 229 g/mol. The Morgan fingerprint density at radius 2 is 2.27 bits per heavy atom. The molecule has 7 heteroatoms. The van der Waals surface area contributed by atoms with Gasteiger partial charge < -0.3 is 10.5 Å². The van der Waals surface area contributed by atoms with Gasteiger partial charge in [0.25, 0.3) is 0 Å². The number of nitrogen functional groups attached to an aromatic ring is 1. The summed E-state index contributed by atoms with van der Waals surface area (Å²) < 4.78 is 4.65. The number of rotatable bonds is 3. The Kier molecular flexibility index (Phi) is 3.62. The first-order valence-corrected chi connectivity index (χ1v) is 5.07. The van der Waals surface area contributed by atoms with Crippen LogP contribution in [-0.4, -0.2) is 23.5 Å². The number of nitrogens with one attached hydrogen (secondary N) is 1. The van der Waals surface area contributed by atoms with Gasteiger partial charge in [0.15, 0.2) is 10.9 Å². The quantitative estimate of drug-likeness (QED) is 0.766. The first kappa shape index (κ1) is 11.4. The third-order valence-electron chi connectivity index (χ3n) is 1.46.